The maximum atomic E-state index is 10.4. The first kappa shape index (κ1) is 25.4. The number of carboxylic acid groups (broad SMARTS) is 1. The molecule has 0 saturated heterocycles. The summed E-state index contributed by atoms with van der Waals surface area (Å²) in [7, 11) is 0. The zero-order valence-electron chi connectivity index (χ0n) is 17.3. The minimum atomic E-state index is -0.943. The molecule has 1 unspecified atom stereocenters. The van der Waals surface area contributed by atoms with Crippen LogP contribution in [0.4, 0.5) is 0 Å². The predicted octanol–water partition coefficient (Wildman–Crippen LogP) is 5.67. The van der Waals surface area contributed by atoms with Gasteiger partial charge in [-0.1, -0.05) is 103 Å². The van der Waals surface area contributed by atoms with Crippen LogP contribution in [0, 0.1) is 0 Å². The van der Waals surface area contributed by atoms with Gasteiger partial charge in [0, 0.05) is 6.54 Å². The van der Waals surface area contributed by atoms with Crippen molar-refractivity contribution in [1.29, 1.82) is 0 Å². The maximum absolute atomic E-state index is 10.4. The molecule has 0 saturated carbocycles. The number of aliphatic hydroxyl groups excluding tert-OH is 1. The molecule has 1 atom stereocenters. The second-order valence-electron chi connectivity index (χ2n) is 7.76. The first-order valence-corrected chi connectivity index (χ1v) is 11.3. The van der Waals surface area contributed by atoms with Crippen molar-refractivity contribution in [2.45, 2.75) is 122 Å². The summed E-state index contributed by atoms with van der Waals surface area (Å²) in [4.78, 5) is 10.4. The zero-order chi connectivity index (χ0) is 19.3. The van der Waals surface area contributed by atoms with Gasteiger partial charge in [-0.05, 0) is 13.0 Å². The molecule has 0 rings (SSSR count). The van der Waals surface area contributed by atoms with Gasteiger partial charge in [-0.15, -0.1) is 0 Å². The molecule has 0 aromatic heterocycles. The van der Waals surface area contributed by atoms with Crippen LogP contribution in [0.5, 0.6) is 0 Å². The highest BCUT2D eigenvalue weighted by molar-refractivity contribution is 5.67. The van der Waals surface area contributed by atoms with Crippen molar-refractivity contribution in [1.82, 2.24) is 5.32 Å². The Hall–Kier alpha value is -0.610. The Bertz CT molecular complexity index is 297. The SMILES string of the molecule is CCCCCCCCCCCCCCCCCCNCC(O)CC(=O)O. The van der Waals surface area contributed by atoms with Gasteiger partial charge in [0.15, 0.2) is 0 Å². The van der Waals surface area contributed by atoms with Crippen LogP contribution in [0.15, 0.2) is 0 Å². The van der Waals surface area contributed by atoms with Crippen LogP contribution in [0.2, 0.25) is 0 Å². The first-order valence-electron chi connectivity index (χ1n) is 11.3. The average Bonchev–Trinajstić information content (AvgIpc) is 2.60. The molecule has 4 nitrogen and oxygen atoms in total. The molecule has 26 heavy (non-hydrogen) atoms. The summed E-state index contributed by atoms with van der Waals surface area (Å²) in [6.45, 7) is 3.52. The van der Waals surface area contributed by atoms with Gasteiger partial charge in [0.1, 0.15) is 0 Å². The summed E-state index contributed by atoms with van der Waals surface area (Å²) >= 11 is 0. The van der Waals surface area contributed by atoms with E-state index in [1.807, 2.05) is 0 Å². The number of carboxylic acids is 1. The molecule has 0 aromatic carbocycles. The van der Waals surface area contributed by atoms with Crippen molar-refractivity contribution in [2.75, 3.05) is 13.1 Å². The second kappa shape index (κ2) is 20.7. The van der Waals surface area contributed by atoms with Crippen LogP contribution >= 0.6 is 0 Å². The summed E-state index contributed by atoms with van der Waals surface area (Å²) in [5.41, 5.74) is 0. The van der Waals surface area contributed by atoms with Crippen molar-refractivity contribution in [3.05, 3.63) is 0 Å². The van der Waals surface area contributed by atoms with Crippen LogP contribution in [-0.4, -0.2) is 35.4 Å². The molecule has 3 N–H and O–H groups in total. The minimum absolute atomic E-state index is 0.175. The van der Waals surface area contributed by atoms with E-state index in [9.17, 15) is 9.90 Å². The van der Waals surface area contributed by atoms with E-state index in [2.05, 4.69) is 12.2 Å². The lowest BCUT2D eigenvalue weighted by atomic mass is 10.0. The molecule has 4 heteroatoms. The van der Waals surface area contributed by atoms with Gasteiger partial charge in [0.2, 0.25) is 0 Å². The van der Waals surface area contributed by atoms with Crippen molar-refractivity contribution in [2.24, 2.45) is 0 Å². The minimum Gasteiger partial charge on any atom is -0.481 e. The van der Waals surface area contributed by atoms with Crippen molar-refractivity contribution in [3.63, 3.8) is 0 Å². The van der Waals surface area contributed by atoms with E-state index in [0.717, 1.165) is 13.0 Å². The standard InChI is InChI=1S/C22H45NO3/c1-2-3-4-5-6-7-8-9-10-11-12-13-14-15-16-17-18-23-20-21(24)19-22(25)26/h21,23-24H,2-20H2,1H3,(H,25,26). The topological polar surface area (TPSA) is 69.6 Å². The fourth-order valence-corrected chi connectivity index (χ4v) is 3.34. The van der Waals surface area contributed by atoms with Crippen LogP contribution in [0.3, 0.4) is 0 Å². The van der Waals surface area contributed by atoms with Crippen molar-refractivity contribution >= 4 is 5.97 Å². The normalized spacial score (nSPS) is 12.4. The lowest BCUT2D eigenvalue weighted by Gasteiger charge is -2.09. The number of aliphatic hydroxyl groups is 1. The zero-order valence-corrected chi connectivity index (χ0v) is 17.3. The quantitative estimate of drug-likeness (QED) is 0.227. The highest BCUT2D eigenvalue weighted by Gasteiger charge is 2.07. The summed E-state index contributed by atoms with van der Waals surface area (Å²) in [5, 5.41) is 21.1. The fourth-order valence-electron chi connectivity index (χ4n) is 3.34. The van der Waals surface area contributed by atoms with E-state index >= 15 is 0 Å². The Kier molecular flexibility index (Phi) is 20.2. The van der Waals surface area contributed by atoms with Crippen LogP contribution in [0.25, 0.3) is 0 Å². The van der Waals surface area contributed by atoms with E-state index in [0.29, 0.717) is 6.54 Å². The molecule has 0 aliphatic rings. The number of carbonyl (C=O) groups is 1. The summed E-state index contributed by atoms with van der Waals surface area (Å²) in [5.74, 6) is -0.943. The molecule has 0 spiro atoms. The molecule has 0 aromatic rings. The number of hydrogen-bond acceptors (Lipinski definition) is 3. The Labute approximate surface area is 162 Å². The highest BCUT2D eigenvalue weighted by Crippen LogP contribution is 2.13. The summed E-state index contributed by atoms with van der Waals surface area (Å²) in [6.07, 6.45) is 20.9. The molecule has 0 amide bonds. The first-order chi connectivity index (χ1) is 12.7. The fraction of sp³-hybridized carbons (Fsp3) is 0.955. The van der Waals surface area contributed by atoms with E-state index in [1.165, 1.54) is 96.3 Å². The molecule has 0 aliphatic heterocycles. The molecule has 0 heterocycles. The molecule has 0 radical (unpaired) electrons. The maximum Gasteiger partial charge on any atom is 0.306 e. The predicted molar refractivity (Wildman–Crippen MR) is 111 cm³/mol. The van der Waals surface area contributed by atoms with E-state index in [4.69, 9.17) is 5.11 Å². The van der Waals surface area contributed by atoms with Crippen LogP contribution < -0.4 is 5.32 Å². The Balaban J connectivity index is 3.06. The third-order valence-electron chi connectivity index (χ3n) is 5.00. The number of hydrogen-bond donors (Lipinski definition) is 3. The molecular weight excluding hydrogens is 326 g/mol. The van der Waals surface area contributed by atoms with E-state index < -0.39 is 12.1 Å². The van der Waals surface area contributed by atoms with Gasteiger partial charge >= 0.3 is 5.97 Å². The van der Waals surface area contributed by atoms with Gasteiger partial charge in [0.05, 0.1) is 12.5 Å². The number of rotatable bonds is 21. The lowest BCUT2D eigenvalue weighted by Crippen LogP contribution is -2.29. The molecule has 0 fully saturated rings. The van der Waals surface area contributed by atoms with E-state index in [1.54, 1.807) is 0 Å². The Morgan fingerprint density at radius 1 is 0.731 bits per heavy atom. The Morgan fingerprint density at radius 3 is 1.50 bits per heavy atom. The number of nitrogens with one attached hydrogen (secondary N) is 1. The van der Waals surface area contributed by atoms with Gasteiger partial charge in [0.25, 0.3) is 0 Å². The Morgan fingerprint density at radius 2 is 1.12 bits per heavy atom. The number of aliphatic carboxylic acids is 1. The van der Waals surface area contributed by atoms with Crippen LogP contribution in [-0.2, 0) is 4.79 Å². The monoisotopic (exact) mass is 371 g/mol. The molecule has 156 valence electrons. The average molecular weight is 372 g/mol. The lowest BCUT2D eigenvalue weighted by molar-refractivity contribution is -0.139. The van der Waals surface area contributed by atoms with Gasteiger partial charge in [-0.25, -0.2) is 0 Å². The highest BCUT2D eigenvalue weighted by atomic mass is 16.4. The molecule has 0 bridgehead atoms. The smallest absolute Gasteiger partial charge is 0.306 e. The number of unbranched alkanes of at least 4 members (excludes halogenated alkanes) is 15. The molecular formula is C22H45NO3. The van der Waals surface area contributed by atoms with Crippen molar-refractivity contribution < 1.29 is 15.0 Å². The van der Waals surface area contributed by atoms with Gasteiger partial charge in [-0.3, -0.25) is 4.79 Å². The van der Waals surface area contributed by atoms with Gasteiger partial charge < -0.3 is 15.5 Å². The molecule has 0 aliphatic carbocycles. The summed E-state index contributed by atoms with van der Waals surface area (Å²) < 4.78 is 0. The van der Waals surface area contributed by atoms with E-state index in [-0.39, 0.29) is 6.42 Å². The third-order valence-corrected chi connectivity index (χ3v) is 5.00. The van der Waals surface area contributed by atoms with Crippen molar-refractivity contribution in [3.8, 4) is 0 Å². The van der Waals surface area contributed by atoms with Crippen LogP contribution in [0.1, 0.15) is 116 Å². The second-order valence-corrected chi connectivity index (χ2v) is 7.76. The van der Waals surface area contributed by atoms with Gasteiger partial charge in [-0.2, -0.15) is 0 Å². The summed E-state index contributed by atoms with van der Waals surface area (Å²) in [6, 6.07) is 0. The largest absolute Gasteiger partial charge is 0.481 e. The third kappa shape index (κ3) is 21.4.